The van der Waals surface area contributed by atoms with Gasteiger partial charge in [0.25, 0.3) is 0 Å². The number of carboxylic acid groups (broad SMARTS) is 3. The number of aliphatic carboxylic acids is 3. The van der Waals surface area contributed by atoms with Gasteiger partial charge in [0, 0.05) is 37.7 Å². The van der Waals surface area contributed by atoms with Crippen LogP contribution in [0, 0.1) is 0 Å². The quantitative estimate of drug-likeness (QED) is 0.0441. The second-order valence-corrected chi connectivity index (χ2v) is 8.72. The average Bonchev–Trinajstić information content (AvgIpc) is 3.38. The molecule has 40 heavy (non-hydrogen) atoms. The first-order chi connectivity index (χ1) is 18.8. The highest BCUT2D eigenvalue weighted by molar-refractivity contribution is 5.94. The van der Waals surface area contributed by atoms with Crippen molar-refractivity contribution in [2.75, 3.05) is 6.54 Å². The number of carbonyl (C=O) groups is 6. The molecular weight excluding hydrogens is 534 g/mol. The van der Waals surface area contributed by atoms with Crippen molar-refractivity contribution >= 4 is 41.6 Å². The lowest BCUT2D eigenvalue weighted by molar-refractivity contribution is -0.144. The molecule has 0 radical (unpaired) electrons. The number of imidazole rings is 1. The van der Waals surface area contributed by atoms with Crippen LogP contribution >= 0.6 is 0 Å². The van der Waals surface area contributed by atoms with Crippen LogP contribution in [0.15, 0.2) is 17.5 Å². The molecule has 1 aromatic heterocycles. The van der Waals surface area contributed by atoms with Crippen molar-refractivity contribution in [2.45, 2.75) is 69.1 Å². The summed E-state index contributed by atoms with van der Waals surface area (Å²) in [5.74, 6) is -6.85. The number of hydrogen-bond donors (Lipinski definition) is 10. The predicted octanol–water partition coefficient (Wildman–Crippen LogP) is -3.40. The topological polar surface area (TPSA) is 318 Å². The maximum atomic E-state index is 13.2. The van der Waals surface area contributed by atoms with Gasteiger partial charge in [0.2, 0.25) is 17.7 Å². The first kappa shape index (κ1) is 33.3. The molecule has 0 aliphatic carbocycles. The number of carboxylic acids is 3. The molecule has 222 valence electrons. The lowest BCUT2D eigenvalue weighted by Gasteiger charge is -2.25. The third-order valence-corrected chi connectivity index (χ3v) is 5.46. The highest BCUT2D eigenvalue weighted by Crippen LogP contribution is 2.06. The Hall–Kier alpha value is -4.74. The number of aromatic nitrogens is 2. The zero-order valence-electron chi connectivity index (χ0n) is 21.5. The number of hydrogen-bond acceptors (Lipinski definition) is 9. The van der Waals surface area contributed by atoms with Crippen LogP contribution < -0.4 is 33.2 Å². The van der Waals surface area contributed by atoms with E-state index >= 15 is 0 Å². The van der Waals surface area contributed by atoms with E-state index in [2.05, 4.69) is 30.9 Å². The van der Waals surface area contributed by atoms with Crippen molar-refractivity contribution in [2.24, 2.45) is 22.2 Å². The van der Waals surface area contributed by atoms with E-state index in [1.807, 2.05) is 0 Å². The summed E-state index contributed by atoms with van der Waals surface area (Å²) in [6.45, 7) is 0.228. The lowest BCUT2D eigenvalue weighted by Crippen LogP contribution is -2.57. The summed E-state index contributed by atoms with van der Waals surface area (Å²) in [4.78, 5) is 82.6. The zero-order chi connectivity index (χ0) is 30.2. The molecule has 3 amide bonds. The van der Waals surface area contributed by atoms with Crippen molar-refractivity contribution in [3.8, 4) is 0 Å². The van der Waals surface area contributed by atoms with Crippen molar-refractivity contribution in [3.05, 3.63) is 18.2 Å². The van der Waals surface area contributed by atoms with Crippen LogP contribution in [0.2, 0.25) is 0 Å². The average molecular weight is 570 g/mol. The molecule has 0 saturated heterocycles. The standard InChI is InChI=1S/C22H35N9O9/c23-12(2-1-7-27-22(24)25)18(36)31-15(8-11-9-26-10-28-11)20(38)29-13(3-5-16(32)33)19(37)30-14(21(39)40)4-6-17(34)35/h9-10,12-15H,1-8,23H2,(H,26,28)(H,29,38)(H,30,37)(H,31,36)(H,32,33)(H,34,35)(H,39,40)(H4,24,25,27). The Labute approximate surface area is 228 Å². The number of carbonyl (C=O) groups excluding carboxylic acids is 3. The smallest absolute Gasteiger partial charge is 0.326 e. The second-order valence-electron chi connectivity index (χ2n) is 8.72. The number of nitrogens with two attached hydrogens (primary N) is 3. The Morgan fingerprint density at radius 1 is 0.850 bits per heavy atom. The Kier molecular flexibility index (Phi) is 14.1. The lowest BCUT2D eigenvalue weighted by atomic mass is 10.1. The summed E-state index contributed by atoms with van der Waals surface area (Å²) in [6.07, 6.45) is 1.18. The van der Waals surface area contributed by atoms with Crippen LogP contribution in [0.5, 0.6) is 0 Å². The highest BCUT2D eigenvalue weighted by atomic mass is 16.4. The fourth-order valence-corrected chi connectivity index (χ4v) is 3.36. The van der Waals surface area contributed by atoms with Crippen LogP contribution in [-0.4, -0.2) is 97.6 Å². The molecule has 0 fully saturated rings. The van der Waals surface area contributed by atoms with Crippen molar-refractivity contribution in [1.29, 1.82) is 0 Å². The first-order valence-corrected chi connectivity index (χ1v) is 12.2. The van der Waals surface area contributed by atoms with Crippen molar-refractivity contribution in [3.63, 3.8) is 0 Å². The minimum absolute atomic E-state index is 0.109. The minimum Gasteiger partial charge on any atom is -0.481 e. The summed E-state index contributed by atoms with van der Waals surface area (Å²) in [5, 5.41) is 34.2. The van der Waals surface area contributed by atoms with Gasteiger partial charge < -0.3 is 53.5 Å². The van der Waals surface area contributed by atoms with Crippen molar-refractivity contribution < 1.29 is 44.1 Å². The molecule has 1 aromatic rings. The Balaban J connectivity index is 3.03. The van der Waals surface area contributed by atoms with Gasteiger partial charge in [-0.3, -0.25) is 29.0 Å². The third-order valence-electron chi connectivity index (χ3n) is 5.46. The molecule has 0 saturated carbocycles. The van der Waals surface area contributed by atoms with E-state index in [4.69, 9.17) is 27.4 Å². The molecule has 4 atom stereocenters. The van der Waals surface area contributed by atoms with Crippen LogP contribution in [0.1, 0.15) is 44.2 Å². The second kappa shape index (κ2) is 17.0. The van der Waals surface area contributed by atoms with Gasteiger partial charge in [-0.25, -0.2) is 9.78 Å². The van der Waals surface area contributed by atoms with Gasteiger partial charge in [0.15, 0.2) is 5.96 Å². The number of aromatic amines is 1. The third kappa shape index (κ3) is 13.2. The van der Waals surface area contributed by atoms with Gasteiger partial charge in [0.1, 0.15) is 18.1 Å². The number of nitrogens with zero attached hydrogens (tertiary/aromatic N) is 2. The van der Waals surface area contributed by atoms with Crippen LogP contribution in [0.3, 0.4) is 0 Å². The van der Waals surface area contributed by atoms with E-state index in [0.717, 1.165) is 0 Å². The van der Waals surface area contributed by atoms with Crippen LogP contribution in [0.25, 0.3) is 0 Å². The predicted molar refractivity (Wildman–Crippen MR) is 137 cm³/mol. The molecule has 18 nitrogen and oxygen atoms in total. The fraction of sp³-hybridized carbons (Fsp3) is 0.545. The Bertz CT molecular complexity index is 1060. The fourth-order valence-electron chi connectivity index (χ4n) is 3.36. The number of nitrogens with one attached hydrogen (secondary N) is 4. The summed E-state index contributed by atoms with van der Waals surface area (Å²) in [5.41, 5.74) is 16.9. The number of guanidine groups is 1. The number of H-pyrrole nitrogens is 1. The number of rotatable bonds is 19. The van der Waals surface area contributed by atoms with Gasteiger partial charge in [0.05, 0.1) is 12.4 Å². The van der Waals surface area contributed by atoms with E-state index < -0.39 is 85.5 Å². The molecule has 1 rings (SSSR count). The maximum absolute atomic E-state index is 13.2. The van der Waals surface area contributed by atoms with Crippen molar-refractivity contribution in [1.82, 2.24) is 25.9 Å². The molecule has 0 bridgehead atoms. The molecule has 0 aliphatic rings. The summed E-state index contributed by atoms with van der Waals surface area (Å²) >= 11 is 0. The molecule has 18 heteroatoms. The zero-order valence-corrected chi connectivity index (χ0v) is 21.5. The summed E-state index contributed by atoms with van der Waals surface area (Å²) < 4.78 is 0. The SMILES string of the molecule is NC(N)=NCCCC(N)C(=O)NC(Cc1cnc[nH]1)C(=O)NC(CCC(=O)O)C(=O)NC(CCC(=O)O)C(=O)O. The number of aliphatic imine (C=N–C) groups is 1. The highest BCUT2D eigenvalue weighted by Gasteiger charge is 2.31. The van der Waals surface area contributed by atoms with Crippen LogP contribution in [-0.2, 0) is 35.2 Å². The van der Waals surface area contributed by atoms with E-state index in [-0.39, 0.29) is 25.3 Å². The molecule has 0 spiro atoms. The molecule has 1 heterocycles. The van der Waals surface area contributed by atoms with E-state index in [0.29, 0.717) is 12.1 Å². The van der Waals surface area contributed by atoms with Gasteiger partial charge in [-0.05, 0) is 25.7 Å². The normalized spacial score (nSPS) is 13.6. The molecule has 0 aliphatic heterocycles. The van der Waals surface area contributed by atoms with Gasteiger partial charge in [-0.15, -0.1) is 0 Å². The monoisotopic (exact) mass is 569 g/mol. The largest absolute Gasteiger partial charge is 0.481 e. The van der Waals surface area contributed by atoms with Gasteiger partial charge in [-0.2, -0.15) is 0 Å². The van der Waals surface area contributed by atoms with Crippen LogP contribution in [0.4, 0.5) is 0 Å². The van der Waals surface area contributed by atoms with E-state index in [1.54, 1.807) is 0 Å². The molecule has 13 N–H and O–H groups in total. The summed E-state index contributed by atoms with van der Waals surface area (Å²) in [6, 6.07) is -5.46. The number of amides is 3. The Morgan fingerprint density at radius 3 is 1.93 bits per heavy atom. The molecule has 4 unspecified atom stereocenters. The molecule has 0 aromatic carbocycles. The van der Waals surface area contributed by atoms with Gasteiger partial charge in [-0.1, -0.05) is 0 Å². The summed E-state index contributed by atoms with van der Waals surface area (Å²) in [7, 11) is 0. The van der Waals surface area contributed by atoms with E-state index in [1.165, 1.54) is 12.5 Å². The Morgan fingerprint density at radius 2 is 1.40 bits per heavy atom. The maximum Gasteiger partial charge on any atom is 0.326 e. The first-order valence-electron chi connectivity index (χ1n) is 12.2. The van der Waals surface area contributed by atoms with E-state index in [9.17, 15) is 33.9 Å². The minimum atomic E-state index is -1.61. The molecular formula is C22H35N9O9. The van der Waals surface area contributed by atoms with Gasteiger partial charge >= 0.3 is 17.9 Å².